The molecule has 0 saturated carbocycles. The van der Waals surface area contributed by atoms with E-state index in [1.807, 2.05) is 36.1 Å². The zero-order valence-electron chi connectivity index (χ0n) is 12.7. The minimum absolute atomic E-state index is 0.0904. The van der Waals surface area contributed by atoms with Crippen LogP contribution >= 0.6 is 0 Å². The fourth-order valence-electron chi connectivity index (χ4n) is 2.56. The van der Waals surface area contributed by atoms with Crippen molar-refractivity contribution >= 4 is 5.91 Å². The van der Waals surface area contributed by atoms with Gasteiger partial charge in [0.05, 0.1) is 13.2 Å². The standard InChI is InChI=1S/C16H24N2O2/c1-11(2)9-10-18-15(17-12(3)16(18)19)13-7-5-6-8-14(13)20-4/h5-8,11-12,15,17H,9-10H2,1-4H3. The smallest absolute Gasteiger partial charge is 0.241 e. The van der Waals surface area contributed by atoms with E-state index in [0.717, 1.165) is 24.3 Å². The molecule has 0 bridgehead atoms. The van der Waals surface area contributed by atoms with Gasteiger partial charge in [-0.15, -0.1) is 0 Å². The molecule has 0 aromatic heterocycles. The van der Waals surface area contributed by atoms with Gasteiger partial charge in [-0.2, -0.15) is 0 Å². The average Bonchev–Trinajstić information content (AvgIpc) is 2.72. The van der Waals surface area contributed by atoms with Crippen molar-refractivity contribution in [3.05, 3.63) is 29.8 Å². The number of nitrogens with one attached hydrogen (secondary N) is 1. The molecule has 4 heteroatoms. The van der Waals surface area contributed by atoms with Crippen molar-refractivity contribution in [3.63, 3.8) is 0 Å². The molecule has 0 spiro atoms. The average molecular weight is 276 g/mol. The van der Waals surface area contributed by atoms with Crippen LogP contribution in [0.25, 0.3) is 0 Å². The quantitative estimate of drug-likeness (QED) is 0.898. The summed E-state index contributed by atoms with van der Waals surface area (Å²) in [4.78, 5) is 14.3. The minimum atomic E-state index is -0.142. The number of carbonyl (C=O) groups excluding carboxylic acids is 1. The highest BCUT2D eigenvalue weighted by molar-refractivity contribution is 5.84. The summed E-state index contributed by atoms with van der Waals surface area (Å²) in [5.74, 6) is 1.57. The lowest BCUT2D eigenvalue weighted by molar-refractivity contribution is -0.130. The summed E-state index contributed by atoms with van der Waals surface area (Å²) in [6.07, 6.45) is 0.915. The first kappa shape index (κ1) is 14.9. The molecule has 1 aliphatic rings. The molecule has 1 heterocycles. The molecule has 2 unspecified atom stereocenters. The first-order valence-electron chi connectivity index (χ1n) is 7.24. The molecule has 1 fully saturated rings. The van der Waals surface area contributed by atoms with E-state index >= 15 is 0 Å². The largest absolute Gasteiger partial charge is 0.496 e. The normalized spacial score (nSPS) is 22.6. The summed E-state index contributed by atoms with van der Waals surface area (Å²) in [6, 6.07) is 7.74. The first-order chi connectivity index (χ1) is 9.54. The van der Waals surface area contributed by atoms with Crippen molar-refractivity contribution in [2.75, 3.05) is 13.7 Å². The maximum absolute atomic E-state index is 12.3. The summed E-state index contributed by atoms with van der Waals surface area (Å²) in [7, 11) is 1.66. The Hall–Kier alpha value is -1.55. The Morgan fingerprint density at radius 3 is 2.70 bits per heavy atom. The van der Waals surface area contributed by atoms with Gasteiger partial charge < -0.3 is 9.64 Å². The van der Waals surface area contributed by atoms with Crippen LogP contribution < -0.4 is 10.1 Å². The summed E-state index contributed by atoms with van der Waals surface area (Å²) in [5.41, 5.74) is 1.02. The third kappa shape index (κ3) is 2.96. The number of para-hydroxylation sites is 1. The Balaban J connectivity index is 2.25. The van der Waals surface area contributed by atoms with Crippen molar-refractivity contribution in [1.82, 2.24) is 10.2 Å². The van der Waals surface area contributed by atoms with E-state index in [2.05, 4.69) is 19.2 Å². The van der Waals surface area contributed by atoms with Crippen LogP contribution in [0.4, 0.5) is 0 Å². The van der Waals surface area contributed by atoms with Gasteiger partial charge >= 0.3 is 0 Å². The van der Waals surface area contributed by atoms with Gasteiger partial charge in [-0.1, -0.05) is 32.0 Å². The predicted octanol–water partition coefficient (Wildman–Crippen LogP) is 2.56. The molecule has 110 valence electrons. The number of hydrogen-bond acceptors (Lipinski definition) is 3. The van der Waals surface area contributed by atoms with Crippen LogP contribution in [0.1, 0.15) is 38.9 Å². The molecule has 4 nitrogen and oxygen atoms in total. The van der Waals surface area contributed by atoms with Crippen molar-refractivity contribution in [2.24, 2.45) is 5.92 Å². The van der Waals surface area contributed by atoms with Crippen LogP contribution in [0.2, 0.25) is 0 Å². The lowest BCUT2D eigenvalue weighted by Crippen LogP contribution is -2.32. The van der Waals surface area contributed by atoms with Crippen LogP contribution in [-0.4, -0.2) is 30.5 Å². The van der Waals surface area contributed by atoms with Crippen molar-refractivity contribution in [1.29, 1.82) is 0 Å². The van der Waals surface area contributed by atoms with E-state index in [1.54, 1.807) is 7.11 Å². The molecule has 0 radical (unpaired) electrons. The second-order valence-corrected chi connectivity index (χ2v) is 5.75. The van der Waals surface area contributed by atoms with Crippen LogP contribution in [-0.2, 0) is 4.79 Å². The highest BCUT2D eigenvalue weighted by Gasteiger charge is 2.37. The Labute approximate surface area is 121 Å². The zero-order valence-corrected chi connectivity index (χ0v) is 12.7. The van der Waals surface area contributed by atoms with Crippen LogP contribution in [0.3, 0.4) is 0 Å². The highest BCUT2D eigenvalue weighted by Crippen LogP contribution is 2.32. The fraction of sp³-hybridized carbons (Fsp3) is 0.562. The van der Waals surface area contributed by atoms with E-state index in [-0.39, 0.29) is 18.1 Å². The summed E-state index contributed by atoms with van der Waals surface area (Å²) < 4.78 is 5.42. The number of methoxy groups -OCH3 is 1. The van der Waals surface area contributed by atoms with Crippen molar-refractivity contribution in [3.8, 4) is 5.75 Å². The lowest BCUT2D eigenvalue weighted by Gasteiger charge is -2.26. The Morgan fingerprint density at radius 1 is 1.35 bits per heavy atom. The molecule has 20 heavy (non-hydrogen) atoms. The molecule has 2 rings (SSSR count). The van der Waals surface area contributed by atoms with Gasteiger partial charge in [0.2, 0.25) is 5.91 Å². The summed E-state index contributed by atoms with van der Waals surface area (Å²) in [6.45, 7) is 7.04. The topological polar surface area (TPSA) is 41.6 Å². The van der Waals surface area contributed by atoms with Gasteiger partial charge in [0.25, 0.3) is 0 Å². The second kappa shape index (κ2) is 6.27. The van der Waals surface area contributed by atoms with Crippen LogP contribution in [0.15, 0.2) is 24.3 Å². The number of nitrogens with zero attached hydrogens (tertiary/aromatic N) is 1. The van der Waals surface area contributed by atoms with Gasteiger partial charge in [0.1, 0.15) is 11.9 Å². The number of benzene rings is 1. The molecule has 1 aliphatic heterocycles. The van der Waals surface area contributed by atoms with Crippen LogP contribution in [0, 0.1) is 5.92 Å². The molecule has 1 saturated heterocycles. The van der Waals surface area contributed by atoms with Gasteiger partial charge in [-0.25, -0.2) is 0 Å². The van der Waals surface area contributed by atoms with Crippen LogP contribution in [0.5, 0.6) is 5.75 Å². The minimum Gasteiger partial charge on any atom is -0.496 e. The predicted molar refractivity (Wildman–Crippen MR) is 79.5 cm³/mol. The van der Waals surface area contributed by atoms with Gasteiger partial charge in [0.15, 0.2) is 0 Å². The van der Waals surface area contributed by atoms with Crippen molar-refractivity contribution in [2.45, 2.75) is 39.4 Å². The lowest BCUT2D eigenvalue weighted by atomic mass is 10.1. The Kier molecular flexibility index (Phi) is 4.65. The summed E-state index contributed by atoms with van der Waals surface area (Å²) >= 11 is 0. The molecular formula is C16H24N2O2. The Bertz CT molecular complexity index is 473. The first-order valence-corrected chi connectivity index (χ1v) is 7.24. The number of rotatable bonds is 5. The van der Waals surface area contributed by atoms with Gasteiger partial charge in [-0.3, -0.25) is 10.1 Å². The third-order valence-electron chi connectivity index (χ3n) is 3.75. The molecule has 1 amide bonds. The number of amides is 1. The SMILES string of the molecule is COc1ccccc1C1NC(C)C(=O)N1CCC(C)C. The molecular weight excluding hydrogens is 252 g/mol. The fourth-order valence-corrected chi connectivity index (χ4v) is 2.56. The van der Waals surface area contributed by atoms with E-state index < -0.39 is 0 Å². The summed E-state index contributed by atoms with van der Waals surface area (Å²) in [5, 5.41) is 3.36. The van der Waals surface area contributed by atoms with Gasteiger partial charge in [0, 0.05) is 12.1 Å². The third-order valence-corrected chi connectivity index (χ3v) is 3.75. The van der Waals surface area contributed by atoms with E-state index in [0.29, 0.717) is 5.92 Å². The molecule has 1 aromatic carbocycles. The second-order valence-electron chi connectivity index (χ2n) is 5.75. The zero-order chi connectivity index (χ0) is 14.7. The van der Waals surface area contributed by atoms with E-state index in [9.17, 15) is 4.79 Å². The van der Waals surface area contributed by atoms with Gasteiger partial charge in [-0.05, 0) is 25.3 Å². The monoisotopic (exact) mass is 276 g/mol. The molecule has 1 aromatic rings. The van der Waals surface area contributed by atoms with Crippen molar-refractivity contribution < 1.29 is 9.53 Å². The van der Waals surface area contributed by atoms with E-state index in [4.69, 9.17) is 4.74 Å². The molecule has 0 aliphatic carbocycles. The maximum atomic E-state index is 12.3. The molecule has 1 N–H and O–H groups in total. The number of carbonyl (C=O) groups is 1. The highest BCUT2D eigenvalue weighted by atomic mass is 16.5. The molecule has 2 atom stereocenters. The Morgan fingerprint density at radius 2 is 2.05 bits per heavy atom. The number of ether oxygens (including phenoxy) is 1. The van der Waals surface area contributed by atoms with E-state index in [1.165, 1.54) is 0 Å². The number of hydrogen-bond donors (Lipinski definition) is 1. The maximum Gasteiger partial charge on any atom is 0.241 e.